The number of anilines is 2. The van der Waals surface area contributed by atoms with E-state index in [1.807, 2.05) is 0 Å². The molecule has 10 nitrogen and oxygen atoms in total. The van der Waals surface area contributed by atoms with Crippen LogP contribution in [0.1, 0.15) is 24.0 Å². The van der Waals surface area contributed by atoms with E-state index in [-0.39, 0.29) is 23.9 Å². The maximum Gasteiger partial charge on any atom is 0.573 e. The highest BCUT2D eigenvalue weighted by atomic mass is 35.5. The van der Waals surface area contributed by atoms with E-state index < -0.39 is 24.1 Å². The van der Waals surface area contributed by atoms with Crippen molar-refractivity contribution in [3.05, 3.63) is 47.4 Å². The molecule has 3 amide bonds. The smallest absolute Gasteiger partial charge is 0.406 e. The number of carbonyl (C=O) groups excluding carboxylic acids is 2. The molecule has 0 saturated carbocycles. The summed E-state index contributed by atoms with van der Waals surface area (Å²) < 4.78 is 47.5. The van der Waals surface area contributed by atoms with Gasteiger partial charge in [-0.25, -0.2) is 9.78 Å². The summed E-state index contributed by atoms with van der Waals surface area (Å²) in [6.45, 7) is 6.38. The predicted molar refractivity (Wildman–Crippen MR) is 132 cm³/mol. The molecule has 2 heterocycles. The highest BCUT2D eigenvalue weighted by Gasteiger charge is 2.31. The van der Waals surface area contributed by atoms with Crippen LogP contribution in [-0.4, -0.2) is 72.1 Å². The van der Waals surface area contributed by atoms with Gasteiger partial charge in [0.25, 0.3) is 5.91 Å². The number of aromatic nitrogens is 2. The maximum absolute atomic E-state index is 12.8. The normalized spacial score (nSPS) is 14.8. The molecule has 0 atom stereocenters. The molecule has 0 aliphatic carbocycles. The minimum absolute atomic E-state index is 0.0875. The van der Waals surface area contributed by atoms with E-state index in [4.69, 9.17) is 16.3 Å². The minimum atomic E-state index is -4.81. The van der Waals surface area contributed by atoms with Crippen LogP contribution in [0.15, 0.2) is 41.6 Å². The van der Waals surface area contributed by atoms with Gasteiger partial charge in [0.2, 0.25) is 5.82 Å². The van der Waals surface area contributed by atoms with Crippen molar-refractivity contribution in [1.82, 2.24) is 19.8 Å². The molecule has 3 N–H and O–H groups in total. The van der Waals surface area contributed by atoms with Crippen molar-refractivity contribution in [3.8, 4) is 5.75 Å². The van der Waals surface area contributed by atoms with Gasteiger partial charge in [0.1, 0.15) is 5.75 Å². The second-order valence-corrected chi connectivity index (χ2v) is 8.70. The predicted octanol–water partition coefficient (Wildman–Crippen LogP) is 4.02. The van der Waals surface area contributed by atoms with Gasteiger partial charge in [0, 0.05) is 43.1 Å². The topological polar surface area (TPSA) is 110 Å². The van der Waals surface area contributed by atoms with Crippen molar-refractivity contribution in [2.24, 2.45) is 0 Å². The van der Waals surface area contributed by atoms with Gasteiger partial charge >= 0.3 is 12.4 Å². The number of nitrogens with zero attached hydrogens (tertiary/aromatic N) is 3. The number of nitrogens with one attached hydrogen (secondary N) is 3. The first-order chi connectivity index (χ1) is 17.6. The van der Waals surface area contributed by atoms with Gasteiger partial charge in [-0.1, -0.05) is 17.7 Å². The Hall–Kier alpha value is -3.29. The number of rotatable bonds is 10. The zero-order valence-electron chi connectivity index (χ0n) is 20.1. The van der Waals surface area contributed by atoms with Crippen LogP contribution in [0.2, 0.25) is 0 Å². The number of alkyl halides is 3. The summed E-state index contributed by atoms with van der Waals surface area (Å²) in [4.78, 5) is 31.7. The van der Waals surface area contributed by atoms with E-state index in [0.29, 0.717) is 24.8 Å². The molecule has 1 aliphatic rings. The number of ether oxygens (including phenoxy) is 2. The van der Waals surface area contributed by atoms with Gasteiger partial charge < -0.3 is 24.7 Å². The molecule has 202 valence electrons. The Morgan fingerprint density at radius 3 is 2.54 bits per heavy atom. The summed E-state index contributed by atoms with van der Waals surface area (Å²) in [5, 5.41) is 8.35. The standard InChI is InChI=1S/C23H28ClF3N6O4/c1-16(24)7-10-33-15-19(30-20(33)21(34)28-8-2-9-32-11-13-36-14-12-32)31-22(35)29-17-3-5-18(6-4-17)37-23(25,26)27/h3-7,15H,2,8-14H2,1H3,(H,28,34)(H2,29,31,35)/b16-7-. The Bertz CT molecular complexity index is 1080. The van der Waals surface area contributed by atoms with E-state index in [9.17, 15) is 22.8 Å². The second kappa shape index (κ2) is 13.3. The lowest BCUT2D eigenvalue weighted by atomic mass is 10.3. The molecule has 14 heteroatoms. The lowest BCUT2D eigenvalue weighted by Gasteiger charge is -2.26. The van der Waals surface area contributed by atoms with E-state index >= 15 is 0 Å². The maximum atomic E-state index is 12.8. The first-order valence-corrected chi connectivity index (χ1v) is 11.9. The summed E-state index contributed by atoms with van der Waals surface area (Å²) >= 11 is 5.93. The third kappa shape index (κ3) is 9.94. The molecule has 37 heavy (non-hydrogen) atoms. The van der Waals surface area contributed by atoms with Crippen molar-refractivity contribution in [1.29, 1.82) is 0 Å². The molecule has 0 radical (unpaired) electrons. The molecule has 3 rings (SSSR count). The second-order valence-electron chi connectivity index (χ2n) is 8.11. The van der Waals surface area contributed by atoms with Crippen LogP contribution in [0.4, 0.5) is 29.5 Å². The SMILES string of the molecule is C/C(Cl)=C/Cn1cc(NC(=O)Nc2ccc(OC(F)(F)F)cc2)nc1C(=O)NCCCN1CCOCC1. The van der Waals surface area contributed by atoms with Gasteiger partial charge in [0.05, 0.1) is 13.2 Å². The fourth-order valence-electron chi connectivity index (χ4n) is 3.45. The number of imidazole rings is 1. The number of amides is 3. The Labute approximate surface area is 216 Å². The van der Waals surface area contributed by atoms with Crippen LogP contribution in [0.25, 0.3) is 0 Å². The number of hydrogen-bond acceptors (Lipinski definition) is 6. The molecular weight excluding hydrogens is 517 g/mol. The Balaban J connectivity index is 1.57. The third-order valence-electron chi connectivity index (χ3n) is 5.18. The molecule has 1 aliphatic heterocycles. The highest BCUT2D eigenvalue weighted by Crippen LogP contribution is 2.24. The van der Waals surface area contributed by atoms with E-state index in [1.165, 1.54) is 18.3 Å². The Morgan fingerprint density at radius 1 is 1.19 bits per heavy atom. The Morgan fingerprint density at radius 2 is 1.89 bits per heavy atom. The van der Waals surface area contributed by atoms with Gasteiger partial charge in [-0.3, -0.25) is 15.0 Å². The summed E-state index contributed by atoms with van der Waals surface area (Å²) in [7, 11) is 0. The average Bonchev–Trinajstić information content (AvgIpc) is 3.24. The molecule has 1 saturated heterocycles. The molecule has 1 aromatic heterocycles. The van der Waals surface area contributed by atoms with Gasteiger partial charge in [-0.15, -0.1) is 13.2 Å². The van der Waals surface area contributed by atoms with E-state index in [0.717, 1.165) is 38.2 Å². The number of allylic oxidation sites excluding steroid dienone is 2. The monoisotopic (exact) mass is 544 g/mol. The number of benzene rings is 1. The molecule has 0 spiro atoms. The number of urea groups is 1. The van der Waals surface area contributed by atoms with Crippen molar-refractivity contribution in [2.75, 3.05) is 50.0 Å². The zero-order valence-corrected chi connectivity index (χ0v) is 20.9. The van der Waals surface area contributed by atoms with Gasteiger partial charge in [-0.2, -0.15) is 0 Å². The summed E-state index contributed by atoms with van der Waals surface area (Å²) in [5.74, 6) is -0.630. The summed E-state index contributed by atoms with van der Waals surface area (Å²) in [6.07, 6.45) is -0.881. The van der Waals surface area contributed by atoms with E-state index in [1.54, 1.807) is 17.6 Å². The summed E-state index contributed by atoms with van der Waals surface area (Å²) in [5.41, 5.74) is 0.227. The third-order valence-corrected chi connectivity index (χ3v) is 5.33. The first-order valence-electron chi connectivity index (χ1n) is 11.5. The lowest BCUT2D eigenvalue weighted by Crippen LogP contribution is -2.38. The highest BCUT2D eigenvalue weighted by molar-refractivity contribution is 6.29. The quantitative estimate of drug-likeness (QED) is 0.390. The van der Waals surface area contributed by atoms with Crippen LogP contribution in [0, 0.1) is 0 Å². The Kier molecular flexibility index (Phi) is 10.2. The first kappa shape index (κ1) is 28.3. The molecule has 1 aromatic carbocycles. The molecule has 0 unspecified atom stereocenters. The lowest BCUT2D eigenvalue weighted by molar-refractivity contribution is -0.274. The molecular formula is C23H28ClF3N6O4. The van der Waals surface area contributed by atoms with Crippen LogP contribution in [0.3, 0.4) is 0 Å². The molecule has 0 bridgehead atoms. The van der Waals surface area contributed by atoms with Crippen molar-refractivity contribution >= 4 is 35.0 Å². The number of carbonyl (C=O) groups is 2. The van der Waals surface area contributed by atoms with Crippen LogP contribution in [0.5, 0.6) is 5.75 Å². The largest absolute Gasteiger partial charge is 0.573 e. The molecule has 1 fully saturated rings. The van der Waals surface area contributed by atoms with E-state index in [2.05, 4.69) is 30.6 Å². The van der Waals surface area contributed by atoms with Gasteiger partial charge in [0.15, 0.2) is 5.82 Å². The van der Waals surface area contributed by atoms with Crippen LogP contribution in [-0.2, 0) is 11.3 Å². The summed E-state index contributed by atoms with van der Waals surface area (Å²) in [6, 6.07) is 3.95. The fourth-order valence-corrected chi connectivity index (χ4v) is 3.52. The number of morpholine rings is 1. The zero-order chi connectivity index (χ0) is 26.8. The molecule has 2 aromatic rings. The van der Waals surface area contributed by atoms with Crippen LogP contribution < -0.4 is 20.7 Å². The minimum Gasteiger partial charge on any atom is -0.406 e. The van der Waals surface area contributed by atoms with Crippen molar-refractivity contribution in [2.45, 2.75) is 26.3 Å². The fraction of sp³-hybridized carbons (Fsp3) is 0.435. The van der Waals surface area contributed by atoms with Gasteiger partial charge in [-0.05, 0) is 44.2 Å². The van der Waals surface area contributed by atoms with Crippen LogP contribution >= 0.6 is 11.6 Å². The van der Waals surface area contributed by atoms with Crippen molar-refractivity contribution in [3.63, 3.8) is 0 Å². The number of halogens is 4. The number of hydrogen-bond donors (Lipinski definition) is 3. The average molecular weight is 545 g/mol. The van der Waals surface area contributed by atoms with Crippen molar-refractivity contribution < 1.29 is 32.2 Å².